The summed E-state index contributed by atoms with van der Waals surface area (Å²) < 4.78 is 25.7. The van der Waals surface area contributed by atoms with Crippen LogP contribution in [-0.4, -0.2) is 36.8 Å². The standard InChI is InChI=1S/C14H19N3O2S/c1-17-11-6-3-7-12(20(2,18)19)14(11)16-13(17)9-10-5-4-8-15-10/h3,6-7,10,15H,4-5,8-9H2,1-2H3. The van der Waals surface area contributed by atoms with Crippen molar-refractivity contribution in [3.63, 3.8) is 0 Å². The largest absolute Gasteiger partial charge is 0.331 e. The fraction of sp³-hybridized carbons (Fsp3) is 0.500. The Bertz CT molecular complexity index is 743. The second kappa shape index (κ2) is 4.86. The summed E-state index contributed by atoms with van der Waals surface area (Å²) in [6.45, 7) is 1.06. The highest BCUT2D eigenvalue weighted by atomic mass is 32.2. The van der Waals surface area contributed by atoms with Crippen LogP contribution in [0.2, 0.25) is 0 Å². The normalized spacial score (nSPS) is 19.8. The first-order chi connectivity index (χ1) is 9.47. The van der Waals surface area contributed by atoms with E-state index in [9.17, 15) is 8.42 Å². The van der Waals surface area contributed by atoms with Crippen LogP contribution in [0.1, 0.15) is 18.7 Å². The molecule has 20 heavy (non-hydrogen) atoms. The van der Waals surface area contributed by atoms with Gasteiger partial charge in [0.2, 0.25) is 0 Å². The molecule has 0 radical (unpaired) electrons. The Kier molecular flexibility index (Phi) is 3.30. The molecule has 0 amide bonds. The number of imidazole rings is 1. The number of hydrogen-bond donors (Lipinski definition) is 1. The van der Waals surface area contributed by atoms with Crippen molar-refractivity contribution < 1.29 is 8.42 Å². The van der Waals surface area contributed by atoms with Crippen molar-refractivity contribution in [1.29, 1.82) is 0 Å². The van der Waals surface area contributed by atoms with E-state index < -0.39 is 9.84 Å². The van der Waals surface area contributed by atoms with Gasteiger partial charge in [0.1, 0.15) is 11.3 Å². The van der Waals surface area contributed by atoms with Crippen molar-refractivity contribution in [2.24, 2.45) is 7.05 Å². The SMILES string of the molecule is Cn1c(CC2CCCN2)nc2c(S(C)(=O)=O)cccc21. The van der Waals surface area contributed by atoms with E-state index in [1.54, 1.807) is 12.1 Å². The van der Waals surface area contributed by atoms with E-state index in [1.165, 1.54) is 12.7 Å². The molecule has 1 saturated heterocycles. The maximum Gasteiger partial charge on any atom is 0.177 e. The number of rotatable bonds is 3. The van der Waals surface area contributed by atoms with E-state index in [2.05, 4.69) is 10.3 Å². The predicted molar refractivity (Wildman–Crippen MR) is 78.6 cm³/mol. The maximum atomic E-state index is 11.9. The van der Waals surface area contributed by atoms with Crippen LogP contribution < -0.4 is 5.32 Å². The number of sulfone groups is 1. The van der Waals surface area contributed by atoms with Gasteiger partial charge in [0.05, 0.1) is 10.4 Å². The number of hydrogen-bond acceptors (Lipinski definition) is 4. The van der Waals surface area contributed by atoms with Crippen molar-refractivity contribution in [2.45, 2.75) is 30.2 Å². The summed E-state index contributed by atoms with van der Waals surface area (Å²) in [7, 11) is -1.30. The molecule has 2 heterocycles. The van der Waals surface area contributed by atoms with Gasteiger partial charge in [0.25, 0.3) is 0 Å². The summed E-state index contributed by atoms with van der Waals surface area (Å²) in [5, 5.41) is 3.45. The molecule has 0 bridgehead atoms. The number of nitrogens with one attached hydrogen (secondary N) is 1. The molecule has 1 aliphatic heterocycles. The number of aryl methyl sites for hydroxylation is 1. The summed E-state index contributed by atoms with van der Waals surface area (Å²) in [4.78, 5) is 4.90. The monoisotopic (exact) mass is 293 g/mol. The van der Waals surface area contributed by atoms with Crippen molar-refractivity contribution in [2.75, 3.05) is 12.8 Å². The van der Waals surface area contributed by atoms with Gasteiger partial charge in [-0.05, 0) is 31.5 Å². The topological polar surface area (TPSA) is 64.0 Å². The molecule has 1 fully saturated rings. The van der Waals surface area contributed by atoms with Crippen LogP contribution in [0.5, 0.6) is 0 Å². The number of aromatic nitrogens is 2. The lowest BCUT2D eigenvalue weighted by atomic mass is 10.1. The van der Waals surface area contributed by atoms with Crippen LogP contribution in [0.3, 0.4) is 0 Å². The highest BCUT2D eigenvalue weighted by Gasteiger charge is 2.20. The van der Waals surface area contributed by atoms with Crippen LogP contribution in [0, 0.1) is 0 Å². The lowest BCUT2D eigenvalue weighted by molar-refractivity contribution is 0.575. The Morgan fingerprint density at radius 2 is 2.25 bits per heavy atom. The smallest absolute Gasteiger partial charge is 0.177 e. The third-order valence-corrected chi connectivity index (χ3v) is 5.09. The van der Waals surface area contributed by atoms with Crippen molar-refractivity contribution >= 4 is 20.9 Å². The fourth-order valence-electron chi connectivity index (χ4n) is 2.87. The first-order valence-electron chi connectivity index (χ1n) is 6.84. The minimum Gasteiger partial charge on any atom is -0.331 e. The quantitative estimate of drug-likeness (QED) is 0.925. The zero-order valence-corrected chi connectivity index (χ0v) is 12.6. The van der Waals surface area contributed by atoms with Crippen LogP contribution in [-0.2, 0) is 23.3 Å². The molecule has 1 aliphatic rings. The molecule has 2 aromatic rings. The van der Waals surface area contributed by atoms with Gasteiger partial charge in [0.15, 0.2) is 9.84 Å². The van der Waals surface area contributed by atoms with Crippen molar-refractivity contribution in [3.8, 4) is 0 Å². The molecule has 1 aromatic heterocycles. The Balaban J connectivity index is 2.09. The third kappa shape index (κ3) is 2.33. The Hall–Kier alpha value is -1.40. The molecule has 6 heteroatoms. The summed E-state index contributed by atoms with van der Waals surface area (Å²) >= 11 is 0. The molecule has 1 unspecified atom stereocenters. The van der Waals surface area contributed by atoms with Crippen LogP contribution in [0.4, 0.5) is 0 Å². The van der Waals surface area contributed by atoms with E-state index in [0.29, 0.717) is 16.5 Å². The minimum atomic E-state index is -3.25. The van der Waals surface area contributed by atoms with Gasteiger partial charge in [-0.2, -0.15) is 0 Å². The van der Waals surface area contributed by atoms with E-state index in [0.717, 1.165) is 30.7 Å². The second-order valence-electron chi connectivity index (χ2n) is 5.48. The highest BCUT2D eigenvalue weighted by molar-refractivity contribution is 7.91. The Morgan fingerprint density at radius 3 is 2.90 bits per heavy atom. The van der Waals surface area contributed by atoms with Gasteiger partial charge in [-0.1, -0.05) is 6.07 Å². The molecule has 3 rings (SSSR count). The molecule has 1 N–H and O–H groups in total. The van der Waals surface area contributed by atoms with Gasteiger partial charge in [-0.3, -0.25) is 0 Å². The van der Waals surface area contributed by atoms with Gasteiger partial charge in [0, 0.05) is 25.8 Å². The van der Waals surface area contributed by atoms with Crippen LogP contribution in [0.15, 0.2) is 23.1 Å². The molecule has 1 aromatic carbocycles. The molecule has 1 atom stereocenters. The number of nitrogens with zero attached hydrogens (tertiary/aromatic N) is 2. The average molecular weight is 293 g/mol. The summed E-state index contributed by atoms with van der Waals surface area (Å²) in [5.74, 6) is 0.940. The van der Waals surface area contributed by atoms with Gasteiger partial charge < -0.3 is 9.88 Å². The number of fused-ring (bicyclic) bond motifs is 1. The lowest BCUT2D eigenvalue weighted by Gasteiger charge is -2.09. The van der Waals surface area contributed by atoms with Crippen LogP contribution >= 0.6 is 0 Å². The lowest BCUT2D eigenvalue weighted by Crippen LogP contribution is -2.25. The molecule has 0 spiro atoms. The molecular formula is C14H19N3O2S. The highest BCUT2D eigenvalue weighted by Crippen LogP contribution is 2.24. The number of para-hydroxylation sites is 1. The first-order valence-corrected chi connectivity index (χ1v) is 8.74. The zero-order chi connectivity index (χ0) is 14.3. The second-order valence-corrected chi connectivity index (χ2v) is 7.46. The average Bonchev–Trinajstić information content (AvgIpc) is 2.98. The van der Waals surface area contributed by atoms with Crippen LogP contribution in [0.25, 0.3) is 11.0 Å². The minimum absolute atomic E-state index is 0.316. The van der Waals surface area contributed by atoms with Crippen molar-refractivity contribution in [1.82, 2.24) is 14.9 Å². The summed E-state index contributed by atoms with van der Waals surface area (Å²) in [6.07, 6.45) is 4.42. The summed E-state index contributed by atoms with van der Waals surface area (Å²) in [6, 6.07) is 5.77. The number of benzene rings is 1. The maximum absolute atomic E-state index is 11.9. The molecular weight excluding hydrogens is 274 g/mol. The predicted octanol–water partition coefficient (Wildman–Crippen LogP) is 1.27. The van der Waals surface area contributed by atoms with E-state index in [4.69, 9.17) is 0 Å². The fourth-order valence-corrected chi connectivity index (χ4v) is 3.70. The van der Waals surface area contributed by atoms with E-state index >= 15 is 0 Å². The Labute approximate surface area is 118 Å². The molecule has 108 valence electrons. The molecule has 0 aliphatic carbocycles. The molecule has 0 saturated carbocycles. The van der Waals surface area contributed by atoms with Gasteiger partial charge in [-0.25, -0.2) is 13.4 Å². The zero-order valence-electron chi connectivity index (χ0n) is 11.8. The first kappa shape index (κ1) is 13.6. The Morgan fingerprint density at radius 1 is 1.45 bits per heavy atom. The van der Waals surface area contributed by atoms with E-state index in [1.807, 2.05) is 17.7 Å². The summed E-state index contributed by atoms with van der Waals surface area (Å²) in [5.41, 5.74) is 1.46. The van der Waals surface area contributed by atoms with E-state index in [-0.39, 0.29) is 0 Å². The van der Waals surface area contributed by atoms with Gasteiger partial charge >= 0.3 is 0 Å². The van der Waals surface area contributed by atoms with Crippen molar-refractivity contribution in [3.05, 3.63) is 24.0 Å². The molecule has 5 nitrogen and oxygen atoms in total. The third-order valence-electron chi connectivity index (χ3n) is 3.96. The van der Waals surface area contributed by atoms with Gasteiger partial charge in [-0.15, -0.1) is 0 Å².